The second-order valence-corrected chi connectivity index (χ2v) is 23.6. The Morgan fingerprint density at radius 3 is 1.11 bits per heavy atom. The van der Waals surface area contributed by atoms with Crippen LogP contribution >= 0.6 is 0 Å². The summed E-state index contributed by atoms with van der Waals surface area (Å²) in [6, 6.07) is -1.80. The molecular weight excluding hydrogens is 1250 g/mol. The Morgan fingerprint density at radius 1 is 0.319 bits per heavy atom. The van der Waals surface area contributed by atoms with E-state index < -0.39 is 298 Å². The third-order valence-electron chi connectivity index (χ3n) is 17.3. The van der Waals surface area contributed by atoms with E-state index in [4.69, 9.17) is 71.1 Å². The van der Waals surface area contributed by atoms with Gasteiger partial charge in [0.15, 0.2) is 50.3 Å². The quantitative estimate of drug-likeness (QED) is 0.0479. The predicted octanol–water partition coefficient (Wildman–Crippen LogP) is -16.0. The molecule has 0 spiro atoms. The number of aliphatic hydroxyl groups is 23. The molecule has 530 valence electrons. The van der Waals surface area contributed by atoms with Gasteiger partial charge in [0.2, 0.25) is 5.91 Å². The van der Waals surface area contributed by atoms with Crippen molar-refractivity contribution in [2.45, 2.75) is 260 Å². The number of ether oxygens (including phenoxy) is 15. The molecule has 1 amide bonds. The molecule has 40 unspecified atom stereocenters. The lowest BCUT2D eigenvalue weighted by Gasteiger charge is -2.50. The van der Waals surface area contributed by atoms with E-state index in [0.717, 1.165) is 6.92 Å². The van der Waals surface area contributed by atoms with Gasteiger partial charge in [-0.3, -0.25) is 4.79 Å². The van der Waals surface area contributed by atoms with E-state index in [0.29, 0.717) is 0 Å². The second kappa shape index (κ2) is 32.1. The van der Waals surface area contributed by atoms with Gasteiger partial charge in [0, 0.05) is 12.8 Å². The van der Waals surface area contributed by atoms with Gasteiger partial charge in [-0.2, -0.15) is 0 Å². The number of carbonyl (C=O) groups excluding carboxylic acids is 1. The largest absolute Gasteiger partial charge is 0.394 e. The van der Waals surface area contributed by atoms with Crippen molar-refractivity contribution in [3.05, 3.63) is 0 Å². The van der Waals surface area contributed by atoms with Crippen LogP contribution in [-0.4, -0.2) is 409 Å². The molecule has 0 aromatic carbocycles. The van der Waals surface area contributed by atoms with Gasteiger partial charge < -0.3 is 194 Å². The molecular formula is C51H87NO39. The summed E-state index contributed by atoms with van der Waals surface area (Å²) in [6.07, 6.45) is -72.5. The van der Waals surface area contributed by atoms with Crippen LogP contribution in [0.5, 0.6) is 0 Å². The number of amides is 1. The lowest BCUT2D eigenvalue weighted by atomic mass is 9.91. The van der Waals surface area contributed by atoms with Crippen LogP contribution in [0.25, 0.3) is 0 Å². The highest BCUT2D eigenvalue weighted by Gasteiger charge is 2.58. The summed E-state index contributed by atoms with van der Waals surface area (Å²) in [5, 5.41) is 251. The van der Waals surface area contributed by atoms with Gasteiger partial charge in [-0.15, -0.1) is 0 Å². The third-order valence-corrected chi connectivity index (χ3v) is 17.3. The summed E-state index contributed by atoms with van der Waals surface area (Å²) in [5.41, 5.74) is 0. The van der Waals surface area contributed by atoms with Crippen LogP contribution in [0.3, 0.4) is 0 Å². The first kappa shape index (κ1) is 74.7. The van der Waals surface area contributed by atoms with Crippen LogP contribution in [0.2, 0.25) is 0 Å². The molecule has 0 aromatic rings. The van der Waals surface area contributed by atoms with Gasteiger partial charge in [-0.25, -0.2) is 0 Å². The summed E-state index contributed by atoms with van der Waals surface area (Å²) in [7, 11) is 0. The van der Waals surface area contributed by atoms with E-state index in [-0.39, 0.29) is 0 Å². The normalized spacial score (nSPS) is 52.6. The molecule has 8 aliphatic rings. The van der Waals surface area contributed by atoms with E-state index in [1.807, 2.05) is 0 Å². The zero-order valence-electron chi connectivity index (χ0n) is 48.9. The molecule has 40 atom stereocenters. The van der Waals surface area contributed by atoms with Gasteiger partial charge in [0.1, 0.15) is 177 Å². The minimum Gasteiger partial charge on any atom is -0.394 e. The van der Waals surface area contributed by atoms with E-state index in [1.165, 1.54) is 13.8 Å². The molecule has 0 radical (unpaired) electrons. The standard InChI is InChI=1S/C51H87NO39/c1-11-22(58)41(20(81-44(11)76)10-79-46-34(70)30(66)23(59)12(2)80-46)88-45-21(52-13(3)57)29(65)40(17(7-56)85-45)89-51-39(75)43(91-50-37(73)33(69)26(62)16(6-55)84-50)28(64)19(87-51)9-78-48-38(74)42(90-49-36(72)32(68)25(61)15(5-54)83-49)27(63)18(86-48)8-77-47-35(71)31(67)24(60)14(4-53)82-47/h11-12,14-51,53-56,58-76H,4-10H2,1-3H3,(H,52,57). The van der Waals surface area contributed by atoms with Crippen LogP contribution in [0, 0.1) is 5.92 Å². The molecule has 8 rings (SSSR count). The minimum atomic E-state index is -2.35. The molecule has 8 fully saturated rings. The fourth-order valence-corrected chi connectivity index (χ4v) is 11.7. The van der Waals surface area contributed by atoms with Crippen molar-refractivity contribution < 1.29 is 193 Å². The van der Waals surface area contributed by atoms with E-state index in [1.54, 1.807) is 0 Å². The number of hydrogen-bond donors (Lipinski definition) is 24. The van der Waals surface area contributed by atoms with E-state index in [2.05, 4.69) is 5.32 Å². The number of carbonyl (C=O) groups is 1. The van der Waals surface area contributed by atoms with E-state index in [9.17, 15) is 122 Å². The Labute approximate surface area is 516 Å². The second-order valence-electron chi connectivity index (χ2n) is 23.6. The molecule has 8 heterocycles. The summed E-state index contributed by atoms with van der Waals surface area (Å²) in [6.45, 7) is -2.88. The molecule has 0 aliphatic carbocycles. The first-order chi connectivity index (χ1) is 43.0. The van der Waals surface area contributed by atoms with Crippen LogP contribution in [0.1, 0.15) is 20.8 Å². The third kappa shape index (κ3) is 16.1. The lowest BCUT2D eigenvalue weighted by molar-refractivity contribution is -0.388. The first-order valence-electron chi connectivity index (χ1n) is 29.3. The molecule has 8 aliphatic heterocycles. The highest BCUT2D eigenvalue weighted by Crippen LogP contribution is 2.38. The maximum absolute atomic E-state index is 12.9. The molecule has 24 N–H and O–H groups in total. The monoisotopic (exact) mass is 1340 g/mol. The van der Waals surface area contributed by atoms with Crippen molar-refractivity contribution in [3.63, 3.8) is 0 Å². The smallest absolute Gasteiger partial charge is 0.217 e. The van der Waals surface area contributed by atoms with Crippen LogP contribution < -0.4 is 5.32 Å². The van der Waals surface area contributed by atoms with Crippen molar-refractivity contribution in [3.8, 4) is 0 Å². The molecule has 8 saturated heterocycles. The molecule has 0 saturated carbocycles. The number of nitrogens with one attached hydrogen (secondary N) is 1. The predicted molar refractivity (Wildman–Crippen MR) is 278 cm³/mol. The van der Waals surface area contributed by atoms with Gasteiger partial charge >= 0.3 is 0 Å². The zero-order valence-corrected chi connectivity index (χ0v) is 48.9. The Morgan fingerprint density at radius 2 is 0.648 bits per heavy atom. The SMILES string of the molecule is CC(=O)NC1C(OC2C(COC3OC(C)C(O)C(O)C3O)OC(O)C(C)C2O)OC(CO)C(OC2OC(COC3OC(COC4OC(CO)C(O)C(O)C4O)C(O)C(OC4OC(CO)C(O)C(O)C4O)C3O)C(O)C(OC3OC(CO)C(O)C(O)C3O)C2O)C1O. The molecule has 40 heteroatoms. The average molecular weight is 1340 g/mol. The number of aliphatic hydroxyl groups excluding tert-OH is 23. The summed E-state index contributed by atoms with van der Waals surface area (Å²) >= 11 is 0. The zero-order chi connectivity index (χ0) is 66.9. The van der Waals surface area contributed by atoms with Crippen LogP contribution in [0.15, 0.2) is 0 Å². The van der Waals surface area contributed by atoms with Crippen molar-refractivity contribution in [1.29, 1.82) is 0 Å². The van der Waals surface area contributed by atoms with Gasteiger partial charge in [0.05, 0.1) is 58.5 Å². The van der Waals surface area contributed by atoms with Crippen LogP contribution in [-0.2, 0) is 75.8 Å². The maximum Gasteiger partial charge on any atom is 0.217 e. The molecule has 0 aromatic heterocycles. The van der Waals surface area contributed by atoms with Gasteiger partial charge in [0.25, 0.3) is 0 Å². The van der Waals surface area contributed by atoms with Gasteiger partial charge in [-0.1, -0.05) is 6.92 Å². The number of hydrogen-bond acceptors (Lipinski definition) is 39. The topological polar surface area (TPSA) is 633 Å². The summed E-state index contributed by atoms with van der Waals surface area (Å²) in [4.78, 5) is 12.9. The average Bonchev–Trinajstić information content (AvgIpc) is 0.818. The summed E-state index contributed by atoms with van der Waals surface area (Å²) < 4.78 is 86.5. The summed E-state index contributed by atoms with van der Waals surface area (Å²) in [5.74, 6) is -2.00. The Kier molecular flexibility index (Phi) is 26.4. The van der Waals surface area contributed by atoms with Crippen LogP contribution in [0.4, 0.5) is 0 Å². The molecule has 91 heavy (non-hydrogen) atoms. The van der Waals surface area contributed by atoms with Crippen molar-refractivity contribution >= 4 is 5.91 Å². The Bertz CT molecular complexity index is 2240. The maximum atomic E-state index is 12.9. The fourth-order valence-electron chi connectivity index (χ4n) is 11.7. The van der Waals surface area contributed by atoms with E-state index >= 15 is 0 Å². The highest BCUT2D eigenvalue weighted by molar-refractivity contribution is 5.73. The van der Waals surface area contributed by atoms with Crippen molar-refractivity contribution in [2.75, 3.05) is 46.2 Å². The minimum absolute atomic E-state index is 0.678. The van der Waals surface area contributed by atoms with Crippen molar-refractivity contribution in [2.24, 2.45) is 5.92 Å². The Balaban J connectivity index is 1.06. The first-order valence-corrected chi connectivity index (χ1v) is 29.3. The van der Waals surface area contributed by atoms with Crippen molar-refractivity contribution in [1.82, 2.24) is 5.32 Å². The number of rotatable bonds is 22. The Hall–Kier alpha value is -2.05. The fraction of sp³-hybridized carbons (Fsp3) is 0.980. The van der Waals surface area contributed by atoms with Gasteiger partial charge in [-0.05, 0) is 6.92 Å². The highest BCUT2D eigenvalue weighted by atomic mass is 16.8. The molecule has 0 bridgehead atoms. The molecule has 40 nitrogen and oxygen atoms in total. The lowest BCUT2D eigenvalue weighted by Crippen LogP contribution is -2.69.